The number of fused-ring (bicyclic) bond motifs is 2. The van der Waals surface area contributed by atoms with Crippen molar-refractivity contribution in [1.29, 1.82) is 0 Å². The number of imidazole rings is 1. The number of aromatic nitrogens is 2. The van der Waals surface area contributed by atoms with E-state index in [0.717, 1.165) is 36.3 Å². The molecule has 146 valence electrons. The summed E-state index contributed by atoms with van der Waals surface area (Å²) in [5, 5.41) is 0. The van der Waals surface area contributed by atoms with Gasteiger partial charge in [-0.3, -0.25) is 0 Å². The summed E-state index contributed by atoms with van der Waals surface area (Å²) in [4.78, 5) is 0. The van der Waals surface area contributed by atoms with Gasteiger partial charge in [0.05, 0.1) is 6.61 Å². The Kier molecular flexibility index (Phi) is 4.67. The van der Waals surface area contributed by atoms with Crippen molar-refractivity contribution >= 4 is 27.0 Å². The molecule has 0 fully saturated rings. The van der Waals surface area contributed by atoms with Crippen molar-refractivity contribution in [2.24, 2.45) is 0 Å². The molecule has 0 N–H and O–H groups in total. The maximum atomic E-state index is 5.67. The number of halogens is 1. The van der Waals surface area contributed by atoms with Gasteiger partial charge in [0.25, 0.3) is 0 Å². The molecular formula is C25H24BrN2O+. The van der Waals surface area contributed by atoms with Crippen molar-refractivity contribution in [2.45, 2.75) is 33.4 Å². The molecule has 1 aliphatic heterocycles. The Bertz CT molecular complexity index is 1230. The van der Waals surface area contributed by atoms with Crippen molar-refractivity contribution in [1.82, 2.24) is 4.57 Å². The van der Waals surface area contributed by atoms with Crippen LogP contribution in [0.15, 0.2) is 65.4 Å². The lowest BCUT2D eigenvalue weighted by molar-refractivity contribution is -0.663. The highest BCUT2D eigenvalue weighted by atomic mass is 79.9. The number of aryl methyl sites for hydroxylation is 2. The quantitative estimate of drug-likeness (QED) is 0.386. The number of ether oxygens (including phenoxy) is 1. The van der Waals surface area contributed by atoms with Crippen LogP contribution in [-0.4, -0.2) is 11.2 Å². The molecular weight excluding hydrogens is 424 g/mol. The highest BCUT2D eigenvalue weighted by Gasteiger charge is 2.19. The minimum absolute atomic E-state index is 0.801. The second kappa shape index (κ2) is 7.34. The number of rotatable bonds is 4. The summed E-state index contributed by atoms with van der Waals surface area (Å²) in [5.41, 5.74) is 9.12. The van der Waals surface area contributed by atoms with E-state index in [-0.39, 0.29) is 0 Å². The summed E-state index contributed by atoms with van der Waals surface area (Å²) in [7, 11) is 0. The van der Waals surface area contributed by atoms with E-state index in [2.05, 4.69) is 99.8 Å². The Balaban J connectivity index is 1.58. The minimum Gasteiger partial charge on any atom is -0.493 e. The van der Waals surface area contributed by atoms with Gasteiger partial charge in [-0.15, -0.1) is 0 Å². The summed E-state index contributed by atoms with van der Waals surface area (Å²) in [6, 6.07) is 19.7. The largest absolute Gasteiger partial charge is 0.493 e. The average Bonchev–Trinajstić information content (AvgIpc) is 3.29. The second-order valence-corrected chi connectivity index (χ2v) is 8.78. The SMILES string of the molecule is Cc1cc2c(cc1C)[n+](Cc1ccccc1Br)cn2Cc1ccc2c(c1)CCO2. The molecule has 4 heteroatoms. The van der Waals surface area contributed by atoms with Gasteiger partial charge in [-0.2, -0.15) is 0 Å². The van der Waals surface area contributed by atoms with Gasteiger partial charge < -0.3 is 4.74 Å². The van der Waals surface area contributed by atoms with E-state index in [1.165, 1.54) is 38.9 Å². The fourth-order valence-electron chi connectivity index (χ4n) is 4.14. The molecule has 0 unspecified atom stereocenters. The van der Waals surface area contributed by atoms with Crippen molar-refractivity contribution in [3.63, 3.8) is 0 Å². The van der Waals surface area contributed by atoms with Crippen LogP contribution < -0.4 is 9.30 Å². The number of hydrogen-bond donors (Lipinski definition) is 0. The number of benzene rings is 3. The molecule has 2 heterocycles. The van der Waals surface area contributed by atoms with Crippen LogP contribution in [0.2, 0.25) is 0 Å². The summed E-state index contributed by atoms with van der Waals surface area (Å²) < 4.78 is 11.5. The van der Waals surface area contributed by atoms with Crippen LogP contribution in [0.4, 0.5) is 0 Å². The van der Waals surface area contributed by atoms with E-state index < -0.39 is 0 Å². The summed E-state index contributed by atoms with van der Waals surface area (Å²) in [5.74, 6) is 1.04. The fraction of sp³-hybridized carbons (Fsp3) is 0.240. The molecule has 0 amide bonds. The highest BCUT2D eigenvalue weighted by molar-refractivity contribution is 9.10. The predicted octanol–water partition coefficient (Wildman–Crippen LogP) is 5.34. The normalized spacial score (nSPS) is 12.9. The molecule has 0 bridgehead atoms. The average molecular weight is 448 g/mol. The molecule has 0 aliphatic carbocycles. The van der Waals surface area contributed by atoms with E-state index in [9.17, 15) is 0 Å². The van der Waals surface area contributed by atoms with E-state index >= 15 is 0 Å². The Morgan fingerprint density at radius 2 is 1.86 bits per heavy atom. The lowest BCUT2D eigenvalue weighted by Crippen LogP contribution is -2.33. The Hall–Kier alpha value is -2.59. The lowest BCUT2D eigenvalue weighted by atomic mass is 10.1. The van der Waals surface area contributed by atoms with E-state index in [0.29, 0.717) is 0 Å². The van der Waals surface area contributed by atoms with E-state index in [1.807, 2.05) is 0 Å². The van der Waals surface area contributed by atoms with Gasteiger partial charge in [-0.05, 0) is 66.4 Å². The molecule has 3 aromatic carbocycles. The van der Waals surface area contributed by atoms with E-state index in [1.54, 1.807) is 0 Å². The van der Waals surface area contributed by atoms with Crippen LogP contribution in [0, 0.1) is 13.8 Å². The van der Waals surface area contributed by atoms with Gasteiger partial charge in [-0.1, -0.05) is 40.2 Å². The van der Waals surface area contributed by atoms with Crippen molar-refractivity contribution in [2.75, 3.05) is 6.61 Å². The van der Waals surface area contributed by atoms with Crippen molar-refractivity contribution in [3.8, 4) is 5.75 Å². The highest BCUT2D eigenvalue weighted by Crippen LogP contribution is 2.27. The van der Waals surface area contributed by atoms with Crippen LogP contribution in [0.3, 0.4) is 0 Å². The van der Waals surface area contributed by atoms with Crippen LogP contribution in [0.1, 0.15) is 27.8 Å². The molecule has 3 nitrogen and oxygen atoms in total. The summed E-state index contributed by atoms with van der Waals surface area (Å²) in [6.07, 6.45) is 3.27. The van der Waals surface area contributed by atoms with Crippen LogP contribution in [0.25, 0.3) is 11.0 Å². The minimum atomic E-state index is 0.801. The third-order valence-corrected chi connectivity index (χ3v) is 6.67. The van der Waals surface area contributed by atoms with Crippen LogP contribution in [-0.2, 0) is 19.5 Å². The molecule has 0 saturated carbocycles. The second-order valence-electron chi connectivity index (χ2n) is 7.93. The third-order valence-electron chi connectivity index (χ3n) is 5.89. The van der Waals surface area contributed by atoms with Crippen LogP contribution >= 0.6 is 15.9 Å². The zero-order chi connectivity index (χ0) is 20.0. The first-order valence-corrected chi connectivity index (χ1v) is 10.9. The summed E-state index contributed by atoms with van der Waals surface area (Å²) in [6.45, 7) is 6.88. The van der Waals surface area contributed by atoms with Gasteiger partial charge in [0.1, 0.15) is 18.8 Å². The smallest absolute Gasteiger partial charge is 0.245 e. The molecule has 5 rings (SSSR count). The first kappa shape index (κ1) is 18.4. The lowest BCUT2D eigenvalue weighted by Gasteiger charge is -2.04. The number of hydrogen-bond acceptors (Lipinski definition) is 1. The first-order chi connectivity index (χ1) is 14.1. The molecule has 0 saturated heterocycles. The fourth-order valence-corrected chi connectivity index (χ4v) is 4.55. The number of nitrogens with zero attached hydrogens (tertiary/aromatic N) is 2. The van der Waals surface area contributed by atoms with Gasteiger partial charge in [0, 0.05) is 16.5 Å². The van der Waals surface area contributed by atoms with Crippen molar-refractivity contribution < 1.29 is 9.30 Å². The zero-order valence-electron chi connectivity index (χ0n) is 16.8. The standard InChI is InChI=1S/C25H24BrN2O/c1-17-11-23-24(12-18(17)2)28(15-21-5-3-4-6-22(21)26)16-27(23)14-19-7-8-25-20(13-19)9-10-29-25/h3-8,11-13,16H,9-10,14-15H2,1-2H3/q+1. The Labute approximate surface area is 179 Å². The van der Waals surface area contributed by atoms with Gasteiger partial charge in [0.2, 0.25) is 6.33 Å². The Morgan fingerprint density at radius 1 is 1.03 bits per heavy atom. The molecule has 1 aromatic heterocycles. The van der Waals surface area contributed by atoms with E-state index in [4.69, 9.17) is 4.74 Å². The molecule has 1 aliphatic rings. The predicted molar refractivity (Wildman–Crippen MR) is 120 cm³/mol. The molecule has 0 spiro atoms. The first-order valence-electron chi connectivity index (χ1n) is 10.1. The Morgan fingerprint density at radius 3 is 2.72 bits per heavy atom. The van der Waals surface area contributed by atoms with Gasteiger partial charge in [-0.25, -0.2) is 9.13 Å². The monoisotopic (exact) mass is 447 g/mol. The zero-order valence-corrected chi connectivity index (χ0v) is 18.4. The molecule has 4 aromatic rings. The summed E-state index contributed by atoms with van der Waals surface area (Å²) >= 11 is 3.70. The van der Waals surface area contributed by atoms with Gasteiger partial charge >= 0.3 is 0 Å². The maximum Gasteiger partial charge on any atom is 0.245 e. The molecule has 0 atom stereocenters. The topological polar surface area (TPSA) is 18.0 Å². The maximum absolute atomic E-state index is 5.67. The van der Waals surface area contributed by atoms with Gasteiger partial charge in [0.15, 0.2) is 11.0 Å². The van der Waals surface area contributed by atoms with Crippen LogP contribution in [0.5, 0.6) is 5.75 Å². The molecule has 0 radical (unpaired) electrons. The van der Waals surface area contributed by atoms with Crippen molar-refractivity contribution in [3.05, 3.63) is 93.2 Å². The third kappa shape index (κ3) is 3.46. The molecule has 29 heavy (non-hydrogen) atoms.